The van der Waals surface area contributed by atoms with E-state index in [9.17, 15) is 4.79 Å². The Labute approximate surface area is 118 Å². The van der Waals surface area contributed by atoms with E-state index >= 15 is 0 Å². The maximum atomic E-state index is 11.8. The summed E-state index contributed by atoms with van der Waals surface area (Å²) in [7, 11) is 0. The summed E-state index contributed by atoms with van der Waals surface area (Å²) >= 11 is 6.83. The van der Waals surface area contributed by atoms with Gasteiger partial charge in [-0.25, -0.2) is 4.79 Å². The first-order valence-corrected chi connectivity index (χ1v) is 7.27. The van der Waals surface area contributed by atoms with Gasteiger partial charge in [-0.15, -0.1) is 0 Å². The average molecular weight is 362 g/mol. The summed E-state index contributed by atoms with van der Waals surface area (Å²) in [4.78, 5) is 11.8. The molecule has 0 atom stereocenters. The minimum atomic E-state index is -0.135. The second kappa shape index (κ2) is 5.87. The number of para-hydroxylation sites is 1. The van der Waals surface area contributed by atoms with E-state index in [0.29, 0.717) is 6.04 Å². The van der Waals surface area contributed by atoms with Gasteiger partial charge in [0.25, 0.3) is 0 Å². The van der Waals surface area contributed by atoms with Crippen LogP contribution < -0.4 is 10.6 Å². The molecule has 1 saturated carbocycles. The zero-order chi connectivity index (χ0) is 12.3. The van der Waals surface area contributed by atoms with Gasteiger partial charge in [-0.05, 0) is 56.8 Å². The second-order valence-electron chi connectivity index (χ2n) is 4.18. The molecular weight excluding hydrogens is 348 g/mol. The lowest BCUT2D eigenvalue weighted by molar-refractivity contribution is 0.248. The zero-order valence-electron chi connectivity index (χ0n) is 9.30. The minimum Gasteiger partial charge on any atom is -0.335 e. The van der Waals surface area contributed by atoms with Crippen LogP contribution in [0.15, 0.2) is 27.1 Å². The molecule has 2 rings (SSSR count). The first kappa shape index (κ1) is 12.9. The van der Waals surface area contributed by atoms with Gasteiger partial charge in [0.1, 0.15) is 0 Å². The smallest absolute Gasteiger partial charge is 0.319 e. The molecule has 17 heavy (non-hydrogen) atoms. The molecule has 0 unspecified atom stereocenters. The van der Waals surface area contributed by atoms with Crippen LogP contribution in [0.2, 0.25) is 0 Å². The Morgan fingerprint density at radius 1 is 1.18 bits per heavy atom. The highest BCUT2D eigenvalue weighted by molar-refractivity contribution is 9.11. The molecule has 0 aromatic heterocycles. The van der Waals surface area contributed by atoms with Crippen LogP contribution in [0.3, 0.4) is 0 Å². The molecule has 0 radical (unpaired) electrons. The Kier molecular flexibility index (Phi) is 4.45. The van der Waals surface area contributed by atoms with Gasteiger partial charge in [-0.1, -0.05) is 18.9 Å². The first-order chi connectivity index (χ1) is 8.16. The predicted octanol–water partition coefficient (Wildman–Crippen LogP) is 4.28. The van der Waals surface area contributed by atoms with Gasteiger partial charge in [0.15, 0.2) is 0 Å². The lowest BCUT2D eigenvalue weighted by Crippen LogP contribution is -2.36. The Hall–Kier alpha value is -0.550. The van der Waals surface area contributed by atoms with Crippen LogP contribution in [-0.4, -0.2) is 12.1 Å². The third kappa shape index (κ3) is 3.45. The van der Waals surface area contributed by atoms with Crippen molar-refractivity contribution in [1.82, 2.24) is 5.32 Å². The molecule has 0 saturated heterocycles. The van der Waals surface area contributed by atoms with Crippen molar-refractivity contribution < 1.29 is 4.79 Å². The van der Waals surface area contributed by atoms with E-state index in [0.717, 1.165) is 27.5 Å². The summed E-state index contributed by atoms with van der Waals surface area (Å²) in [6.07, 6.45) is 4.60. The van der Waals surface area contributed by atoms with E-state index in [4.69, 9.17) is 0 Å². The van der Waals surface area contributed by atoms with Crippen LogP contribution in [0.1, 0.15) is 25.7 Å². The molecule has 1 aromatic carbocycles. The maximum absolute atomic E-state index is 11.8. The quantitative estimate of drug-likeness (QED) is 0.811. The molecule has 1 aliphatic carbocycles. The van der Waals surface area contributed by atoms with E-state index in [-0.39, 0.29) is 6.03 Å². The number of carbonyl (C=O) groups is 1. The largest absolute Gasteiger partial charge is 0.335 e. The Morgan fingerprint density at radius 2 is 1.76 bits per heavy atom. The van der Waals surface area contributed by atoms with Gasteiger partial charge in [0, 0.05) is 15.0 Å². The molecule has 2 amide bonds. The van der Waals surface area contributed by atoms with E-state index in [1.807, 2.05) is 18.2 Å². The van der Waals surface area contributed by atoms with Crippen molar-refractivity contribution in [2.45, 2.75) is 31.7 Å². The minimum absolute atomic E-state index is 0.135. The number of benzene rings is 1. The fraction of sp³-hybridized carbons (Fsp3) is 0.417. The predicted molar refractivity (Wildman–Crippen MR) is 76.3 cm³/mol. The fourth-order valence-electron chi connectivity index (χ4n) is 2.02. The molecule has 92 valence electrons. The highest BCUT2D eigenvalue weighted by Crippen LogP contribution is 2.30. The third-order valence-electron chi connectivity index (χ3n) is 2.89. The van der Waals surface area contributed by atoms with Gasteiger partial charge >= 0.3 is 6.03 Å². The van der Waals surface area contributed by atoms with Crippen molar-refractivity contribution in [1.29, 1.82) is 0 Å². The zero-order valence-corrected chi connectivity index (χ0v) is 12.5. The van der Waals surface area contributed by atoms with Crippen molar-refractivity contribution in [3.05, 3.63) is 27.1 Å². The van der Waals surface area contributed by atoms with Crippen LogP contribution in [0.4, 0.5) is 10.5 Å². The number of hydrogen-bond acceptors (Lipinski definition) is 1. The molecule has 1 aliphatic rings. The maximum Gasteiger partial charge on any atom is 0.319 e. The highest BCUT2D eigenvalue weighted by Gasteiger charge is 2.17. The molecule has 1 aromatic rings. The summed E-state index contributed by atoms with van der Waals surface area (Å²) in [5.41, 5.74) is 0.767. The Balaban J connectivity index is 1.97. The number of amides is 2. The number of hydrogen-bond donors (Lipinski definition) is 2. The number of nitrogens with one attached hydrogen (secondary N) is 2. The number of rotatable bonds is 2. The second-order valence-corrected chi connectivity index (χ2v) is 5.89. The lowest BCUT2D eigenvalue weighted by Gasteiger charge is -2.14. The van der Waals surface area contributed by atoms with Crippen LogP contribution in [-0.2, 0) is 0 Å². The molecule has 0 aliphatic heterocycles. The number of halogens is 2. The number of urea groups is 1. The first-order valence-electron chi connectivity index (χ1n) is 5.68. The lowest BCUT2D eigenvalue weighted by atomic mass is 10.2. The molecule has 3 nitrogen and oxygen atoms in total. The molecule has 0 heterocycles. The number of anilines is 1. The van der Waals surface area contributed by atoms with Gasteiger partial charge in [-0.3, -0.25) is 0 Å². The molecular formula is C12H14Br2N2O. The fourth-order valence-corrected chi connectivity index (χ4v) is 3.22. The van der Waals surface area contributed by atoms with Gasteiger partial charge in [0.2, 0.25) is 0 Å². The van der Waals surface area contributed by atoms with Gasteiger partial charge < -0.3 is 10.6 Å². The normalized spacial score (nSPS) is 15.9. The van der Waals surface area contributed by atoms with Crippen LogP contribution in [0.5, 0.6) is 0 Å². The van der Waals surface area contributed by atoms with Gasteiger partial charge in [-0.2, -0.15) is 0 Å². The van der Waals surface area contributed by atoms with E-state index in [1.165, 1.54) is 12.8 Å². The van der Waals surface area contributed by atoms with Crippen molar-refractivity contribution in [2.75, 3.05) is 5.32 Å². The van der Waals surface area contributed by atoms with Crippen LogP contribution >= 0.6 is 31.9 Å². The SMILES string of the molecule is O=C(Nc1c(Br)cccc1Br)NC1CCCC1. The van der Waals surface area contributed by atoms with Crippen molar-refractivity contribution in [3.63, 3.8) is 0 Å². The monoisotopic (exact) mass is 360 g/mol. The molecule has 0 bridgehead atoms. The standard InChI is InChI=1S/C12H14Br2N2O/c13-9-6-3-7-10(14)11(9)16-12(17)15-8-4-1-2-5-8/h3,6-8H,1-2,4-5H2,(H2,15,16,17). The van der Waals surface area contributed by atoms with Crippen molar-refractivity contribution in [2.24, 2.45) is 0 Å². The van der Waals surface area contributed by atoms with Crippen molar-refractivity contribution in [3.8, 4) is 0 Å². The average Bonchev–Trinajstić information content (AvgIpc) is 2.76. The summed E-state index contributed by atoms with van der Waals surface area (Å²) in [6.45, 7) is 0. The number of carbonyl (C=O) groups excluding carboxylic acids is 1. The Morgan fingerprint density at radius 3 is 2.35 bits per heavy atom. The van der Waals surface area contributed by atoms with Gasteiger partial charge in [0.05, 0.1) is 5.69 Å². The Bertz CT molecular complexity index is 397. The topological polar surface area (TPSA) is 41.1 Å². The third-order valence-corrected chi connectivity index (χ3v) is 4.21. The molecule has 5 heteroatoms. The summed E-state index contributed by atoms with van der Waals surface area (Å²) in [5.74, 6) is 0. The van der Waals surface area contributed by atoms with E-state index < -0.39 is 0 Å². The van der Waals surface area contributed by atoms with Crippen LogP contribution in [0, 0.1) is 0 Å². The summed E-state index contributed by atoms with van der Waals surface area (Å²) < 4.78 is 1.74. The van der Waals surface area contributed by atoms with Crippen LogP contribution in [0.25, 0.3) is 0 Å². The summed E-state index contributed by atoms with van der Waals surface area (Å²) in [6, 6.07) is 5.90. The molecule has 2 N–H and O–H groups in total. The highest BCUT2D eigenvalue weighted by atomic mass is 79.9. The van der Waals surface area contributed by atoms with E-state index in [2.05, 4.69) is 42.5 Å². The van der Waals surface area contributed by atoms with E-state index in [1.54, 1.807) is 0 Å². The summed E-state index contributed by atoms with van der Waals surface area (Å²) in [5, 5.41) is 5.85. The van der Waals surface area contributed by atoms with Crippen molar-refractivity contribution >= 4 is 43.6 Å². The molecule has 0 spiro atoms. The molecule has 1 fully saturated rings.